The normalized spacial score (nSPS) is 12.8. The summed E-state index contributed by atoms with van der Waals surface area (Å²) < 4.78 is 0.823. The molecule has 0 radical (unpaired) electrons. The minimum atomic E-state index is 0.238. The fourth-order valence-corrected chi connectivity index (χ4v) is 3.57. The van der Waals surface area contributed by atoms with Crippen LogP contribution in [0.5, 0.6) is 0 Å². The molecule has 20 heavy (non-hydrogen) atoms. The maximum Gasteiger partial charge on any atom is 0.134 e. The summed E-state index contributed by atoms with van der Waals surface area (Å²) in [5.74, 6) is 2.03. The SMILES string of the molecule is Cc1cc(C(C)Nc2cc(Br)nc(C(C)C)n2)c(C)s1. The summed E-state index contributed by atoms with van der Waals surface area (Å²) in [6.45, 7) is 10.7. The summed E-state index contributed by atoms with van der Waals surface area (Å²) in [6, 6.07) is 4.41. The van der Waals surface area contributed by atoms with Gasteiger partial charge in [0.05, 0.1) is 6.04 Å². The molecule has 2 heterocycles. The Hall–Kier alpha value is -0.940. The van der Waals surface area contributed by atoms with E-state index in [0.29, 0.717) is 5.92 Å². The Balaban J connectivity index is 2.23. The summed E-state index contributed by atoms with van der Waals surface area (Å²) in [4.78, 5) is 11.7. The van der Waals surface area contributed by atoms with Crippen molar-refractivity contribution in [3.63, 3.8) is 0 Å². The van der Waals surface area contributed by atoms with Crippen molar-refractivity contribution >= 4 is 33.1 Å². The van der Waals surface area contributed by atoms with Crippen molar-refractivity contribution in [1.82, 2.24) is 9.97 Å². The first-order valence-electron chi connectivity index (χ1n) is 6.74. The third-order valence-corrected chi connectivity index (χ3v) is 4.53. The van der Waals surface area contributed by atoms with Gasteiger partial charge in [-0.1, -0.05) is 13.8 Å². The first kappa shape index (κ1) is 15.4. The van der Waals surface area contributed by atoms with Gasteiger partial charge in [0.1, 0.15) is 16.2 Å². The number of aromatic nitrogens is 2. The minimum absolute atomic E-state index is 0.238. The zero-order chi connectivity index (χ0) is 14.9. The molecule has 1 N–H and O–H groups in total. The Morgan fingerprint density at radius 3 is 2.40 bits per heavy atom. The topological polar surface area (TPSA) is 37.8 Å². The van der Waals surface area contributed by atoms with Gasteiger partial charge >= 0.3 is 0 Å². The van der Waals surface area contributed by atoms with E-state index in [2.05, 4.69) is 71.9 Å². The van der Waals surface area contributed by atoms with Crippen LogP contribution in [0.3, 0.4) is 0 Å². The number of anilines is 1. The van der Waals surface area contributed by atoms with Crippen LogP contribution in [-0.2, 0) is 0 Å². The monoisotopic (exact) mass is 353 g/mol. The molecule has 0 fully saturated rings. The summed E-state index contributed by atoms with van der Waals surface area (Å²) in [5, 5.41) is 3.47. The van der Waals surface area contributed by atoms with Crippen LogP contribution in [0.2, 0.25) is 0 Å². The third kappa shape index (κ3) is 3.58. The van der Waals surface area contributed by atoms with E-state index in [1.807, 2.05) is 17.4 Å². The number of hydrogen-bond acceptors (Lipinski definition) is 4. The van der Waals surface area contributed by atoms with E-state index in [-0.39, 0.29) is 6.04 Å². The second-order valence-corrected chi connectivity index (χ2v) is 7.60. The lowest BCUT2D eigenvalue weighted by molar-refractivity contribution is 0.763. The van der Waals surface area contributed by atoms with E-state index in [1.54, 1.807) is 0 Å². The van der Waals surface area contributed by atoms with Crippen LogP contribution < -0.4 is 5.32 Å². The average Bonchev–Trinajstić information content (AvgIpc) is 2.67. The van der Waals surface area contributed by atoms with Gasteiger partial charge < -0.3 is 5.32 Å². The van der Waals surface area contributed by atoms with Crippen LogP contribution in [0.15, 0.2) is 16.7 Å². The summed E-state index contributed by atoms with van der Waals surface area (Å²) in [7, 11) is 0. The maximum atomic E-state index is 4.59. The number of hydrogen-bond donors (Lipinski definition) is 1. The van der Waals surface area contributed by atoms with Gasteiger partial charge in [-0.25, -0.2) is 9.97 Å². The van der Waals surface area contributed by atoms with Crippen molar-refractivity contribution < 1.29 is 0 Å². The molecule has 0 aliphatic rings. The lowest BCUT2D eigenvalue weighted by Crippen LogP contribution is -2.10. The van der Waals surface area contributed by atoms with Gasteiger partial charge in [-0.05, 0) is 48.3 Å². The Kier molecular flexibility index (Phi) is 4.81. The molecule has 1 unspecified atom stereocenters. The smallest absolute Gasteiger partial charge is 0.134 e. The average molecular weight is 354 g/mol. The van der Waals surface area contributed by atoms with Crippen molar-refractivity contribution in [3.05, 3.63) is 37.9 Å². The molecule has 0 aromatic carbocycles. The lowest BCUT2D eigenvalue weighted by Gasteiger charge is -2.16. The fraction of sp³-hybridized carbons (Fsp3) is 0.467. The molecule has 0 bridgehead atoms. The molecule has 0 saturated carbocycles. The predicted molar refractivity (Wildman–Crippen MR) is 89.7 cm³/mol. The molecule has 0 saturated heterocycles. The second kappa shape index (κ2) is 6.22. The third-order valence-electron chi connectivity index (χ3n) is 3.14. The van der Waals surface area contributed by atoms with Gasteiger partial charge in [-0.2, -0.15) is 0 Å². The number of halogens is 1. The molecule has 3 nitrogen and oxygen atoms in total. The van der Waals surface area contributed by atoms with Crippen molar-refractivity contribution in [2.24, 2.45) is 0 Å². The highest BCUT2D eigenvalue weighted by Gasteiger charge is 2.13. The minimum Gasteiger partial charge on any atom is -0.363 e. The van der Waals surface area contributed by atoms with Crippen LogP contribution in [0.1, 0.15) is 53.9 Å². The van der Waals surface area contributed by atoms with Gasteiger partial charge in [-0.15, -0.1) is 11.3 Å². The Bertz CT molecular complexity index is 607. The quantitative estimate of drug-likeness (QED) is 0.766. The van der Waals surface area contributed by atoms with Crippen LogP contribution in [0.25, 0.3) is 0 Å². The summed E-state index contributed by atoms with van der Waals surface area (Å²) in [5.41, 5.74) is 1.34. The van der Waals surface area contributed by atoms with Crippen LogP contribution in [-0.4, -0.2) is 9.97 Å². The zero-order valence-electron chi connectivity index (χ0n) is 12.5. The molecular formula is C15H20BrN3S. The van der Waals surface area contributed by atoms with Crippen molar-refractivity contribution in [3.8, 4) is 0 Å². The van der Waals surface area contributed by atoms with Crippen LogP contribution in [0.4, 0.5) is 5.82 Å². The number of rotatable bonds is 4. The van der Waals surface area contributed by atoms with Crippen molar-refractivity contribution in [1.29, 1.82) is 0 Å². The molecular weight excluding hydrogens is 334 g/mol. The van der Waals surface area contributed by atoms with Crippen LogP contribution in [0, 0.1) is 13.8 Å². The van der Waals surface area contributed by atoms with Crippen molar-refractivity contribution in [2.75, 3.05) is 5.32 Å². The molecule has 2 rings (SSSR count). The van der Waals surface area contributed by atoms with Crippen molar-refractivity contribution in [2.45, 2.75) is 46.6 Å². The first-order chi connectivity index (χ1) is 9.36. The Morgan fingerprint density at radius 2 is 1.85 bits per heavy atom. The van der Waals surface area contributed by atoms with E-state index < -0.39 is 0 Å². The standard InChI is InChI=1S/C15H20BrN3S/c1-8(2)15-18-13(16)7-14(19-15)17-10(4)12-6-9(3)20-11(12)5/h6-8,10H,1-5H3,(H,17,18,19). The van der Waals surface area contributed by atoms with E-state index in [0.717, 1.165) is 16.2 Å². The molecule has 0 aliphatic carbocycles. The molecule has 2 aromatic rings. The van der Waals surface area contributed by atoms with E-state index >= 15 is 0 Å². The second-order valence-electron chi connectivity index (χ2n) is 5.32. The van der Waals surface area contributed by atoms with E-state index in [4.69, 9.17) is 0 Å². The lowest BCUT2D eigenvalue weighted by atomic mass is 10.1. The highest BCUT2D eigenvalue weighted by atomic mass is 79.9. The molecule has 0 amide bonds. The fourth-order valence-electron chi connectivity index (χ4n) is 2.15. The largest absolute Gasteiger partial charge is 0.363 e. The first-order valence-corrected chi connectivity index (χ1v) is 8.35. The summed E-state index contributed by atoms with van der Waals surface area (Å²) in [6.07, 6.45) is 0. The number of aryl methyl sites for hydroxylation is 2. The number of thiophene rings is 1. The molecule has 108 valence electrons. The van der Waals surface area contributed by atoms with E-state index in [9.17, 15) is 0 Å². The van der Waals surface area contributed by atoms with Gasteiger partial charge in [0.25, 0.3) is 0 Å². The van der Waals surface area contributed by atoms with Gasteiger partial charge in [0.2, 0.25) is 0 Å². The molecule has 1 atom stereocenters. The maximum absolute atomic E-state index is 4.59. The van der Waals surface area contributed by atoms with Gasteiger partial charge in [0, 0.05) is 21.7 Å². The van der Waals surface area contributed by atoms with E-state index in [1.165, 1.54) is 15.3 Å². The zero-order valence-corrected chi connectivity index (χ0v) is 14.9. The van der Waals surface area contributed by atoms with Gasteiger partial charge in [-0.3, -0.25) is 0 Å². The van der Waals surface area contributed by atoms with Crippen LogP contribution >= 0.6 is 27.3 Å². The summed E-state index contributed by atoms with van der Waals surface area (Å²) >= 11 is 5.29. The number of nitrogens with zero attached hydrogens (tertiary/aromatic N) is 2. The molecule has 5 heteroatoms. The predicted octanol–water partition coefficient (Wildman–Crippen LogP) is 5.21. The molecule has 0 spiro atoms. The van der Waals surface area contributed by atoms with Gasteiger partial charge in [0.15, 0.2) is 0 Å². The molecule has 0 aliphatic heterocycles. The highest BCUT2D eigenvalue weighted by molar-refractivity contribution is 9.10. The Morgan fingerprint density at radius 1 is 1.15 bits per heavy atom. The number of nitrogens with one attached hydrogen (secondary N) is 1. The molecule has 2 aromatic heterocycles. The highest BCUT2D eigenvalue weighted by Crippen LogP contribution is 2.29. The Labute approximate surface area is 133 Å².